The summed E-state index contributed by atoms with van der Waals surface area (Å²) in [6.07, 6.45) is 0.950. The topological polar surface area (TPSA) is 109 Å². The number of carbonyl (C=O) groups is 6. The van der Waals surface area contributed by atoms with E-state index in [1.807, 2.05) is 0 Å². The highest BCUT2D eigenvalue weighted by Crippen LogP contribution is 2.54. The number of anilines is 2. The third-order valence-electron chi connectivity index (χ3n) is 6.94. The first-order chi connectivity index (χ1) is 16.3. The largest absolute Gasteiger partial charge is 0.303 e. The molecule has 0 radical (unpaired) electrons. The zero-order valence-electron chi connectivity index (χ0n) is 17.3. The molecule has 2 aromatic rings. The Morgan fingerprint density at radius 2 is 0.794 bits per heavy atom. The van der Waals surface area contributed by atoms with Gasteiger partial charge in [0, 0.05) is 20.8 Å². The van der Waals surface area contributed by atoms with Crippen molar-refractivity contribution in [3.8, 4) is 0 Å². The summed E-state index contributed by atoms with van der Waals surface area (Å²) in [6.45, 7) is 0. The SMILES string of the molecule is O=CC1C2C(=O)N(c3ccc(Br)cc3)C(=O)C2C(C=O)C2C(=O)N(c3ccc(Br)cc3)C(=O)C12. The van der Waals surface area contributed by atoms with Gasteiger partial charge in [-0.15, -0.1) is 0 Å². The minimum Gasteiger partial charge on any atom is -0.303 e. The molecule has 1 aliphatic carbocycles. The Morgan fingerprint density at radius 3 is 1.03 bits per heavy atom. The number of rotatable bonds is 4. The fourth-order valence-electron chi connectivity index (χ4n) is 5.52. The van der Waals surface area contributed by atoms with E-state index >= 15 is 0 Å². The zero-order valence-corrected chi connectivity index (χ0v) is 20.5. The van der Waals surface area contributed by atoms with E-state index in [1.165, 1.54) is 0 Å². The Hall–Kier alpha value is -2.98. The van der Waals surface area contributed by atoms with E-state index < -0.39 is 59.1 Å². The summed E-state index contributed by atoms with van der Waals surface area (Å²) >= 11 is 6.60. The van der Waals surface area contributed by atoms with Gasteiger partial charge in [0.05, 0.1) is 35.0 Å². The van der Waals surface area contributed by atoms with Crippen molar-refractivity contribution in [2.75, 3.05) is 9.80 Å². The van der Waals surface area contributed by atoms with Crippen LogP contribution >= 0.6 is 31.9 Å². The first-order valence-corrected chi connectivity index (χ1v) is 12.1. The van der Waals surface area contributed by atoms with Gasteiger partial charge in [0.15, 0.2) is 0 Å². The van der Waals surface area contributed by atoms with Gasteiger partial charge in [0.2, 0.25) is 23.6 Å². The second kappa shape index (κ2) is 8.35. The van der Waals surface area contributed by atoms with Gasteiger partial charge in [-0.05, 0) is 48.5 Å². The maximum atomic E-state index is 13.4. The van der Waals surface area contributed by atoms with Crippen LogP contribution in [0, 0.1) is 35.5 Å². The lowest BCUT2D eigenvalue weighted by molar-refractivity contribution is -0.146. The number of fused-ring (bicyclic) bond motifs is 2. The van der Waals surface area contributed by atoms with Gasteiger partial charge in [0.25, 0.3) is 0 Å². The van der Waals surface area contributed by atoms with Crippen LogP contribution in [0.5, 0.6) is 0 Å². The second-order valence-corrected chi connectivity index (χ2v) is 10.3. The van der Waals surface area contributed by atoms with Crippen LogP contribution < -0.4 is 9.80 Å². The highest BCUT2D eigenvalue weighted by atomic mass is 79.9. The molecule has 0 N–H and O–H groups in total. The van der Waals surface area contributed by atoms with Crippen molar-refractivity contribution in [1.29, 1.82) is 0 Å². The lowest BCUT2D eigenvalue weighted by Gasteiger charge is -2.37. The molecule has 0 spiro atoms. The van der Waals surface area contributed by atoms with Crippen LogP contribution in [0.15, 0.2) is 57.5 Å². The van der Waals surface area contributed by atoms with E-state index in [9.17, 15) is 28.8 Å². The number of carbonyl (C=O) groups excluding carboxylic acids is 6. The fraction of sp³-hybridized carbons (Fsp3) is 0.250. The third-order valence-corrected chi connectivity index (χ3v) is 8.00. The van der Waals surface area contributed by atoms with Crippen molar-refractivity contribution in [2.24, 2.45) is 35.5 Å². The average Bonchev–Trinajstić information content (AvgIpc) is 3.24. The highest BCUT2D eigenvalue weighted by molar-refractivity contribution is 9.10. The van der Waals surface area contributed by atoms with E-state index in [1.54, 1.807) is 48.5 Å². The number of amides is 4. The quantitative estimate of drug-likeness (QED) is 0.402. The predicted octanol–water partition coefficient (Wildman–Crippen LogP) is 2.77. The van der Waals surface area contributed by atoms with Crippen molar-refractivity contribution >= 4 is 79.4 Å². The monoisotopic (exact) mass is 586 g/mol. The Kier molecular flexibility index (Phi) is 5.60. The predicted molar refractivity (Wildman–Crippen MR) is 126 cm³/mol. The van der Waals surface area contributed by atoms with Crippen LogP contribution in [-0.2, 0) is 28.8 Å². The van der Waals surface area contributed by atoms with Gasteiger partial charge in [-0.25, -0.2) is 0 Å². The number of halogens is 2. The smallest absolute Gasteiger partial charge is 0.238 e. The van der Waals surface area contributed by atoms with Crippen molar-refractivity contribution in [3.05, 3.63) is 57.5 Å². The second-order valence-electron chi connectivity index (χ2n) is 8.51. The minimum atomic E-state index is -1.21. The Balaban J connectivity index is 1.59. The lowest BCUT2D eigenvalue weighted by atomic mass is 9.59. The molecule has 2 aliphatic heterocycles. The number of benzene rings is 2. The van der Waals surface area contributed by atoms with E-state index in [4.69, 9.17) is 0 Å². The molecule has 10 heteroatoms. The van der Waals surface area contributed by atoms with E-state index in [0.29, 0.717) is 23.9 Å². The number of nitrogens with zero attached hydrogens (tertiary/aromatic N) is 2. The third kappa shape index (κ3) is 3.15. The van der Waals surface area contributed by atoms with Crippen LogP contribution in [0.3, 0.4) is 0 Å². The van der Waals surface area contributed by atoms with Crippen molar-refractivity contribution in [3.63, 3.8) is 0 Å². The molecular weight excluding hydrogens is 572 g/mol. The van der Waals surface area contributed by atoms with Crippen LogP contribution in [-0.4, -0.2) is 36.2 Å². The number of imide groups is 2. The van der Waals surface area contributed by atoms with Crippen LogP contribution in [0.4, 0.5) is 11.4 Å². The first-order valence-electron chi connectivity index (χ1n) is 10.5. The van der Waals surface area contributed by atoms with Gasteiger partial charge in [-0.3, -0.25) is 29.0 Å². The fourth-order valence-corrected chi connectivity index (χ4v) is 6.05. The molecule has 172 valence electrons. The Morgan fingerprint density at radius 1 is 0.529 bits per heavy atom. The van der Waals surface area contributed by atoms with Crippen LogP contribution in [0.2, 0.25) is 0 Å². The maximum Gasteiger partial charge on any atom is 0.238 e. The van der Waals surface area contributed by atoms with Crippen molar-refractivity contribution in [2.45, 2.75) is 0 Å². The standard InChI is InChI=1S/C24H16Br2N2O6/c25-11-1-5-13(6-2-11)27-21(31)17-15(9-29)19-20(16(10-30)18(17)22(27)32)24(34)28(23(19)33)14-7-3-12(26)4-8-14/h1-10,15-20H. The summed E-state index contributed by atoms with van der Waals surface area (Å²) < 4.78 is 1.48. The van der Waals surface area contributed by atoms with Crippen LogP contribution in [0.25, 0.3) is 0 Å². The first kappa shape index (κ1) is 22.8. The van der Waals surface area contributed by atoms with Gasteiger partial charge in [0.1, 0.15) is 12.6 Å². The van der Waals surface area contributed by atoms with Gasteiger partial charge in [-0.1, -0.05) is 31.9 Å². The molecule has 2 heterocycles. The minimum absolute atomic E-state index is 0.293. The maximum absolute atomic E-state index is 13.4. The highest BCUT2D eigenvalue weighted by Gasteiger charge is 2.68. The molecule has 4 atom stereocenters. The summed E-state index contributed by atoms with van der Waals surface area (Å²) in [5, 5.41) is 0. The van der Waals surface area contributed by atoms with Crippen molar-refractivity contribution < 1.29 is 28.8 Å². The summed E-state index contributed by atoms with van der Waals surface area (Å²) in [5.74, 6) is -9.83. The van der Waals surface area contributed by atoms with Crippen LogP contribution in [0.1, 0.15) is 0 Å². The van der Waals surface area contributed by atoms with Gasteiger partial charge in [-0.2, -0.15) is 0 Å². The summed E-state index contributed by atoms with van der Waals surface area (Å²) in [5.41, 5.74) is 0.586. The zero-order chi connectivity index (χ0) is 24.3. The number of aldehydes is 2. The molecule has 3 aliphatic rings. The molecule has 1 saturated carbocycles. The molecule has 34 heavy (non-hydrogen) atoms. The van der Waals surface area contributed by atoms with Gasteiger partial charge < -0.3 is 9.59 Å². The molecule has 2 aromatic carbocycles. The van der Waals surface area contributed by atoms with Gasteiger partial charge >= 0.3 is 0 Å². The summed E-state index contributed by atoms with van der Waals surface area (Å²) in [4.78, 5) is 80.2. The summed E-state index contributed by atoms with van der Waals surface area (Å²) in [6, 6.07) is 12.9. The average molecular weight is 588 g/mol. The number of hydrogen-bond acceptors (Lipinski definition) is 6. The molecular formula is C24H16Br2N2O6. The van der Waals surface area contributed by atoms with E-state index in [0.717, 1.165) is 18.7 Å². The van der Waals surface area contributed by atoms with E-state index in [-0.39, 0.29) is 0 Å². The van der Waals surface area contributed by atoms with E-state index in [2.05, 4.69) is 31.9 Å². The van der Waals surface area contributed by atoms with Crippen molar-refractivity contribution in [1.82, 2.24) is 0 Å². The lowest BCUT2D eigenvalue weighted by Crippen LogP contribution is -2.50. The molecule has 3 fully saturated rings. The molecule has 8 nitrogen and oxygen atoms in total. The normalized spacial score (nSPS) is 30.4. The Bertz CT molecular complexity index is 1100. The molecule has 2 saturated heterocycles. The molecule has 0 bridgehead atoms. The summed E-state index contributed by atoms with van der Waals surface area (Å²) in [7, 11) is 0. The molecule has 5 rings (SSSR count). The molecule has 4 unspecified atom stereocenters. The Labute approximate surface area is 210 Å². The number of hydrogen-bond donors (Lipinski definition) is 0. The molecule has 0 aromatic heterocycles. The molecule has 4 amide bonds.